The molecule has 4 aromatic heterocycles. The van der Waals surface area contributed by atoms with E-state index in [1.165, 1.54) is 0 Å². The Morgan fingerprint density at radius 1 is 1.11 bits per heavy atom. The van der Waals surface area contributed by atoms with Gasteiger partial charge >= 0.3 is 0 Å². The van der Waals surface area contributed by atoms with Gasteiger partial charge in [-0.1, -0.05) is 33.1 Å². The summed E-state index contributed by atoms with van der Waals surface area (Å²) < 4.78 is 16.2. The van der Waals surface area contributed by atoms with Gasteiger partial charge in [0.25, 0.3) is 0 Å². The third-order valence-electron chi connectivity index (χ3n) is 6.38. The number of nitrogens with one attached hydrogen (secondary N) is 3. The monoisotopic (exact) mass is 505 g/mol. The molecule has 0 bridgehead atoms. The average molecular weight is 506 g/mol. The minimum absolute atomic E-state index is 0.242. The maximum atomic E-state index is 16.2. The summed E-state index contributed by atoms with van der Waals surface area (Å²) in [4.78, 5) is 16.8. The van der Waals surface area contributed by atoms with Crippen LogP contribution in [0.5, 0.6) is 0 Å². The molecule has 0 atom stereocenters. The van der Waals surface area contributed by atoms with Gasteiger partial charge in [-0.25, -0.2) is 9.37 Å². The molecule has 0 aliphatic carbocycles. The number of aromatic amines is 2. The summed E-state index contributed by atoms with van der Waals surface area (Å²) in [5.74, 6) is 0.291. The van der Waals surface area contributed by atoms with Gasteiger partial charge in [0, 0.05) is 41.1 Å². The van der Waals surface area contributed by atoms with Crippen molar-refractivity contribution in [2.75, 3.05) is 0 Å². The van der Waals surface area contributed by atoms with Crippen molar-refractivity contribution in [2.45, 2.75) is 20.8 Å². The lowest BCUT2D eigenvalue weighted by molar-refractivity contribution is 0.636. The van der Waals surface area contributed by atoms with Crippen molar-refractivity contribution in [1.29, 1.82) is 0 Å². The molecule has 38 heavy (non-hydrogen) atoms. The largest absolute Gasteiger partial charge is 0.359 e. The summed E-state index contributed by atoms with van der Waals surface area (Å²) in [5, 5.41) is 11.0. The number of aromatic nitrogens is 6. The van der Waals surface area contributed by atoms with E-state index in [0.717, 1.165) is 22.5 Å². The number of imidazole rings is 1. The number of nitrogens with zero attached hydrogens (tertiary/aromatic N) is 4. The molecule has 0 radical (unpaired) electrons. The average Bonchev–Trinajstić information content (AvgIpc) is 3.56. The fourth-order valence-electron chi connectivity index (χ4n) is 4.19. The summed E-state index contributed by atoms with van der Waals surface area (Å²) in [7, 11) is 0. The van der Waals surface area contributed by atoms with Gasteiger partial charge in [-0.05, 0) is 60.9 Å². The lowest BCUT2D eigenvalue weighted by atomic mass is 10.0. The number of halogens is 1. The number of rotatable bonds is 8. The highest BCUT2D eigenvalue weighted by molar-refractivity contribution is 5.98. The summed E-state index contributed by atoms with van der Waals surface area (Å²) in [6.45, 7) is 13.9. The topological polar surface area (TPSA) is 95.2 Å². The van der Waals surface area contributed by atoms with Crippen LogP contribution in [0.3, 0.4) is 0 Å². The second-order valence-electron chi connectivity index (χ2n) is 9.16. The van der Waals surface area contributed by atoms with E-state index in [-0.39, 0.29) is 5.92 Å². The lowest BCUT2D eigenvalue weighted by Gasteiger charge is -2.14. The van der Waals surface area contributed by atoms with Crippen molar-refractivity contribution in [3.8, 4) is 22.8 Å². The zero-order valence-corrected chi connectivity index (χ0v) is 21.5. The first kappa shape index (κ1) is 24.8. The van der Waals surface area contributed by atoms with Crippen LogP contribution in [0.2, 0.25) is 0 Å². The fourth-order valence-corrected chi connectivity index (χ4v) is 4.19. The Labute approximate surface area is 220 Å². The zero-order chi connectivity index (χ0) is 26.8. The van der Waals surface area contributed by atoms with E-state index in [1.54, 1.807) is 30.7 Å². The number of H-pyrrole nitrogens is 2. The van der Waals surface area contributed by atoms with Crippen LogP contribution in [0, 0.1) is 11.7 Å². The van der Waals surface area contributed by atoms with Crippen molar-refractivity contribution in [1.82, 2.24) is 35.5 Å². The fraction of sp³-hybridized carbons (Fsp3) is 0.133. The van der Waals surface area contributed by atoms with Gasteiger partial charge in [-0.3, -0.25) is 15.1 Å². The van der Waals surface area contributed by atoms with Crippen LogP contribution < -0.4 is 5.32 Å². The van der Waals surface area contributed by atoms with Crippen molar-refractivity contribution in [3.63, 3.8) is 0 Å². The molecule has 4 heterocycles. The molecule has 0 fully saturated rings. The maximum Gasteiger partial charge on any atom is 0.159 e. The third kappa shape index (κ3) is 4.52. The Morgan fingerprint density at radius 2 is 1.95 bits per heavy atom. The summed E-state index contributed by atoms with van der Waals surface area (Å²) in [6, 6.07) is 9.17. The molecule has 5 aromatic rings. The zero-order valence-electron chi connectivity index (χ0n) is 21.5. The van der Waals surface area contributed by atoms with Gasteiger partial charge in [0.15, 0.2) is 5.82 Å². The van der Waals surface area contributed by atoms with Crippen LogP contribution in [0.15, 0.2) is 91.7 Å². The van der Waals surface area contributed by atoms with Gasteiger partial charge in [0.1, 0.15) is 17.0 Å². The highest BCUT2D eigenvalue weighted by atomic mass is 19.1. The molecule has 0 aliphatic rings. The number of fused-ring (bicyclic) bond motifs is 2. The first-order valence-corrected chi connectivity index (χ1v) is 12.3. The van der Waals surface area contributed by atoms with Crippen LogP contribution in [0.4, 0.5) is 4.39 Å². The minimum atomic E-state index is -0.396. The molecular weight excluding hydrogens is 477 g/mol. The molecule has 0 aliphatic heterocycles. The van der Waals surface area contributed by atoms with Crippen molar-refractivity contribution in [3.05, 3.63) is 103 Å². The first-order chi connectivity index (χ1) is 18.4. The van der Waals surface area contributed by atoms with Gasteiger partial charge in [-0.15, -0.1) is 0 Å². The van der Waals surface area contributed by atoms with Crippen LogP contribution in [0.25, 0.3) is 50.3 Å². The summed E-state index contributed by atoms with van der Waals surface area (Å²) in [5.41, 5.74) is 6.64. The molecule has 5 rings (SSSR count). The second-order valence-corrected chi connectivity index (χ2v) is 9.16. The first-order valence-electron chi connectivity index (χ1n) is 12.3. The maximum absolute atomic E-state index is 16.2. The smallest absolute Gasteiger partial charge is 0.159 e. The van der Waals surface area contributed by atoms with Gasteiger partial charge < -0.3 is 10.3 Å². The Balaban J connectivity index is 1.60. The number of hydrogen-bond donors (Lipinski definition) is 3. The highest BCUT2D eigenvalue weighted by Crippen LogP contribution is 2.34. The number of pyridine rings is 2. The number of benzene rings is 1. The SMILES string of the molecule is C=C/C(=C\C(=C/C)c1ccc2[nH]nc(-c3nc4c(-c5cccnc5)nccc4[nH]3)c2c1F)NC(=C)C(C)C. The van der Waals surface area contributed by atoms with Crippen LogP contribution in [0.1, 0.15) is 26.3 Å². The van der Waals surface area contributed by atoms with Crippen molar-refractivity contribution in [2.24, 2.45) is 5.92 Å². The molecular formula is C30H28FN7. The second kappa shape index (κ2) is 10.3. The number of allylic oxidation sites excluding steroid dienone is 5. The van der Waals surface area contributed by atoms with E-state index in [9.17, 15) is 0 Å². The summed E-state index contributed by atoms with van der Waals surface area (Å²) >= 11 is 0. The highest BCUT2D eigenvalue weighted by Gasteiger charge is 2.21. The minimum Gasteiger partial charge on any atom is -0.359 e. The lowest BCUT2D eigenvalue weighted by Crippen LogP contribution is -2.14. The molecule has 0 unspecified atom stereocenters. The Kier molecular flexibility index (Phi) is 6.70. The molecule has 1 aromatic carbocycles. The quantitative estimate of drug-likeness (QED) is 0.199. The third-order valence-corrected chi connectivity index (χ3v) is 6.38. The Bertz CT molecular complexity index is 1720. The van der Waals surface area contributed by atoms with E-state index in [1.807, 2.05) is 43.3 Å². The molecule has 0 amide bonds. The van der Waals surface area contributed by atoms with Crippen LogP contribution >= 0.6 is 0 Å². The molecule has 8 heteroatoms. The molecule has 0 spiro atoms. The molecule has 3 N–H and O–H groups in total. The standard InChI is InChI=1S/C30H28FN7/c1-6-19(15-21(7-2)34-18(5)17(3)4)22-10-11-23-25(26(22)31)29(38-37-23)30-35-24-12-14-33-27(28(24)36-30)20-9-8-13-32-16-20/h6-17,34H,2,5H2,1,3-4H3,(H,35,36)(H,37,38)/b19-6+,21-15+. The van der Waals surface area contributed by atoms with E-state index in [2.05, 4.69) is 57.5 Å². The van der Waals surface area contributed by atoms with Gasteiger partial charge in [-0.2, -0.15) is 5.10 Å². The van der Waals surface area contributed by atoms with E-state index in [0.29, 0.717) is 44.8 Å². The predicted molar refractivity (Wildman–Crippen MR) is 151 cm³/mol. The Hall–Kier alpha value is -4.85. The molecule has 190 valence electrons. The van der Waals surface area contributed by atoms with E-state index in [4.69, 9.17) is 4.98 Å². The molecule has 0 saturated carbocycles. The number of hydrogen-bond acceptors (Lipinski definition) is 5. The Morgan fingerprint density at radius 3 is 2.66 bits per heavy atom. The normalized spacial score (nSPS) is 12.4. The van der Waals surface area contributed by atoms with Crippen LogP contribution in [-0.4, -0.2) is 30.1 Å². The molecule has 7 nitrogen and oxygen atoms in total. The van der Waals surface area contributed by atoms with Gasteiger partial charge in [0.2, 0.25) is 0 Å². The van der Waals surface area contributed by atoms with Crippen molar-refractivity contribution >= 4 is 27.5 Å². The van der Waals surface area contributed by atoms with Gasteiger partial charge in [0.05, 0.1) is 22.1 Å². The van der Waals surface area contributed by atoms with E-state index < -0.39 is 5.82 Å². The summed E-state index contributed by atoms with van der Waals surface area (Å²) in [6.07, 6.45) is 10.6. The van der Waals surface area contributed by atoms with Crippen molar-refractivity contribution < 1.29 is 4.39 Å². The predicted octanol–water partition coefficient (Wildman–Crippen LogP) is 6.93. The van der Waals surface area contributed by atoms with E-state index >= 15 is 4.39 Å². The molecule has 0 saturated heterocycles. The van der Waals surface area contributed by atoms with Crippen LogP contribution in [-0.2, 0) is 0 Å².